The number of aromatic nitrogens is 3. The largest absolute Gasteiger partial charge is 0.391 e. The van der Waals surface area contributed by atoms with Crippen molar-refractivity contribution in [3.8, 4) is 5.69 Å². The average molecular weight is 324 g/mol. The molecule has 24 heavy (non-hydrogen) atoms. The van der Waals surface area contributed by atoms with Gasteiger partial charge in [0.2, 0.25) is 0 Å². The number of oxime groups is 1. The van der Waals surface area contributed by atoms with Gasteiger partial charge in [0, 0.05) is 0 Å². The molecule has 0 atom stereocenters. The molecule has 0 aliphatic heterocycles. The van der Waals surface area contributed by atoms with Crippen LogP contribution in [-0.2, 0) is 11.4 Å². The number of nitrogens with one attached hydrogen (secondary N) is 2. The third kappa shape index (κ3) is 3.35. The summed E-state index contributed by atoms with van der Waals surface area (Å²) in [5.74, 6) is 0. The van der Waals surface area contributed by atoms with Gasteiger partial charge in [0.05, 0.1) is 11.4 Å². The fourth-order valence-electron chi connectivity index (χ4n) is 2.23. The van der Waals surface area contributed by atoms with Crippen LogP contribution in [0.5, 0.6) is 0 Å². The molecule has 1 heterocycles. The monoisotopic (exact) mass is 324 g/mol. The zero-order valence-corrected chi connectivity index (χ0v) is 13.0. The van der Waals surface area contributed by atoms with Crippen molar-refractivity contribution in [3.05, 3.63) is 86.7 Å². The molecule has 0 aliphatic rings. The van der Waals surface area contributed by atoms with Gasteiger partial charge in [-0.25, -0.2) is 24.4 Å². The number of hydrogen-bond acceptors (Lipinski definition) is 4. The van der Waals surface area contributed by atoms with Crippen LogP contribution in [0.25, 0.3) is 5.69 Å². The summed E-state index contributed by atoms with van der Waals surface area (Å²) in [6, 6.07) is 16.7. The predicted octanol–water partition coefficient (Wildman–Crippen LogP) is 1.79. The SMILES string of the molecule is CC(=NOCc1ccccc1)c1ccc(-n2c(=O)[nH][nH]c2=O)cc1. The summed E-state index contributed by atoms with van der Waals surface area (Å²) in [6.45, 7) is 2.22. The van der Waals surface area contributed by atoms with Crippen LogP contribution in [0.4, 0.5) is 0 Å². The standard InChI is InChI=1S/C17H16N4O3/c1-12(20-24-11-13-5-3-2-4-6-13)14-7-9-15(10-8-14)21-16(22)18-19-17(21)23/h2-10H,11H2,1H3,(H,18,22)(H,19,23). The van der Waals surface area contributed by atoms with Crippen LogP contribution >= 0.6 is 0 Å². The lowest BCUT2D eigenvalue weighted by molar-refractivity contribution is 0.130. The Morgan fingerprint density at radius 3 is 2.25 bits per heavy atom. The highest BCUT2D eigenvalue weighted by atomic mass is 16.6. The van der Waals surface area contributed by atoms with Gasteiger partial charge in [-0.05, 0) is 30.2 Å². The molecule has 7 nitrogen and oxygen atoms in total. The van der Waals surface area contributed by atoms with E-state index in [9.17, 15) is 9.59 Å². The maximum absolute atomic E-state index is 11.6. The minimum atomic E-state index is -0.510. The maximum atomic E-state index is 11.6. The molecule has 1 aromatic heterocycles. The highest BCUT2D eigenvalue weighted by molar-refractivity contribution is 5.98. The van der Waals surface area contributed by atoms with Gasteiger partial charge in [-0.1, -0.05) is 47.6 Å². The minimum Gasteiger partial charge on any atom is -0.391 e. The molecular formula is C17H16N4O3. The number of nitrogens with zero attached hydrogens (tertiary/aromatic N) is 2. The molecule has 3 rings (SSSR count). The third-order valence-electron chi connectivity index (χ3n) is 3.50. The summed E-state index contributed by atoms with van der Waals surface area (Å²) in [6.07, 6.45) is 0. The van der Waals surface area contributed by atoms with Crippen LogP contribution < -0.4 is 11.4 Å². The first kappa shape index (κ1) is 15.5. The zero-order valence-electron chi connectivity index (χ0n) is 13.0. The van der Waals surface area contributed by atoms with Crippen molar-refractivity contribution in [2.24, 2.45) is 5.16 Å². The summed E-state index contributed by atoms with van der Waals surface area (Å²) in [5.41, 5.74) is 2.04. The lowest BCUT2D eigenvalue weighted by atomic mass is 10.1. The molecule has 0 spiro atoms. The Hall–Kier alpha value is -3.35. The van der Waals surface area contributed by atoms with Crippen LogP contribution in [-0.4, -0.2) is 20.5 Å². The van der Waals surface area contributed by atoms with Crippen molar-refractivity contribution in [1.29, 1.82) is 0 Å². The third-order valence-corrected chi connectivity index (χ3v) is 3.50. The van der Waals surface area contributed by atoms with Gasteiger partial charge >= 0.3 is 11.4 Å². The quantitative estimate of drug-likeness (QED) is 0.553. The molecule has 0 amide bonds. The van der Waals surface area contributed by atoms with Gasteiger partial charge < -0.3 is 4.84 Å². The van der Waals surface area contributed by atoms with Crippen LogP contribution in [0.3, 0.4) is 0 Å². The van der Waals surface area contributed by atoms with Gasteiger partial charge in [-0.3, -0.25) is 0 Å². The molecule has 2 aromatic carbocycles. The molecule has 2 N–H and O–H groups in total. The first-order chi connectivity index (χ1) is 11.6. The van der Waals surface area contributed by atoms with Crippen molar-refractivity contribution >= 4 is 5.71 Å². The van der Waals surface area contributed by atoms with Crippen molar-refractivity contribution < 1.29 is 4.84 Å². The lowest BCUT2D eigenvalue weighted by Crippen LogP contribution is -2.24. The molecule has 7 heteroatoms. The second-order valence-electron chi connectivity index (χ2n) is 5.18. The number of aromatic amines is 2. The zero-order chi connectivity index (χ0) is 16.9. The van der Waals surface area contributed by atoms with E-state index < -0.39 is 11.4 Å². The Morgan fingerprint density at radius 1 is 1.00 bits per heavy atom. The second kappa shape index (κ2) is 6.82. The van der Waals surface area contributed by atoms with Crippen molar-refractivity contribution in [2.45, 2.75) is 13.5 Å². The summed E-state index contributed by atoms with van der Waals surface area (Å²) in [7, 11) is 0. The molecule has 0 bridgehead atoms. The van der Waals surface area contributed by atoms with E-state index in [4.69, 9.17) is 4.84 Å². The highest BCUT2D eigenvalue weighted by Crippen LogP contribution is 2.08. The average Bonchev–Trinajstić information content (AvgIpc) is 2.94. The van der Waals surface area contributed by atoms with Gasteiger partial charge in [-0.2, -0.15) is 0 Å². The Morgan fingerprint density at radius 2 is 1.62 bits per heavy atom. The lowest BCUT2D eigenvalue weighted by Gasteiger charge is -2.04. The number of hydrogen-bond donors (Lipinski definition) is 2. The Labute approximate surface area is 137 Å². The first-order valence-electron chi connectivity index (χ1n) is 7.36. The number of benzene rings is 2. The minimum absolute atomic E-state index is 0.393. The van der Waals surface area contributed by atoms with Gasteiger partial charge in [-0.15, -0.1) is 0 Å². The van der Waals surface area contributed by atoms with Crippen molar-refractivity contribution in [3.63, 3.8) is 0 Å². The molecule has 0 saturated heterocycles. The van der Waals surface area contributed by atoms with E-state index in [0.717, 1.165) is 15.7 Å². The summed E-state index contributed by atoms with van der Waals surface area (Å²) < 4.78 is 1.02. The summed E-state index contributed by atoms with van der Waals surface area (Å²) in [4.78, 5) is 28.5. The molecule has 0 aliphatic carbocycles. The second-order valence-corrected chi connectivity index (χ2v) is 5.18. The first-order valence-corrected chi connectivity index (χ1v) is 7.36. The number of H-pyrrole nitrogens is 2. The molecule has 0 fully saturated rings. The van der Waals surface area contributed by atoms with Gasteiger partial charge in [0.1, 0.15) is 6.61 Å². The fourth-order valence-corrected chi connectivity index (χ4v) is 2.23. The molecular weight excluding hydrogens is 308 g/mol. The normalized spacial score (nSPS) is 11.5. The number of rotatable bonds is 5. The molecule has 3 aromatic rings. The Balaban J connectivity index is 1.72. The van der Waals surface area contributed by atoms with Crippen LogP contribution in [0.2, 0.25) is 0 Å². The van der Waals surface area contributed by atoms with Crippen molar-refractivity contribution in [2.75, 3.05) is 0 Å². The van der Waals surface area contributed by atoms with Crippen molar-refractivity contribution in [1.82, 2.24) is 14.8 Å². The van der Waals surface area contributed by atoms with Crippen LogP contribution in [0.15, 0.2) is 69.3 Å². The molecule has 0 unspecified atom stereocenters. The van der Waals surface area contributed by atoms with E-state index >= 15 is 0 Å². The topological polar surface area (TPSA) is 92.2 Å². The van der Waals surface area contributed by atoms with E-state index in [2.05, 4.69) is 15.4 Å². The Kier molecular flexibility index (Phi) is 4.42. The highest BCUT2D eigenvalue weighted by Gasteiger charge is 2.06. The Bertz CT molecular complexity index is 922. The van der Waals surface area contributed by atoms with Gasteiger partial charge in [0.25, 0.3) is 0 Å². The van der Waals surface area contributed by atoms with Crippen LogP contribution in [0.1, 0.15) is 18.1 Å². The van der Waals surface area contributed by atoms with E-state index in [1.54, 1.807) is 24.3 Å². The van der Waals surface area contributed by atoms with E-state index in [1.807, 2.05) is 37.3 Å². The molecule has 0 saturated carbocycles. The van der Waals surface area contributed by atoms with E-state index in [-0.39, 0.29) is 0 Å². The van der Waals surface area contributed by atoms with Crippen LogP contribution in [0, 0.1) is 0 Å². The predicted molar refractivity (Wildman–Crippen MR) is 90.5 cm³/mol. The van der Waals surface area contributed by atoms with E-state index in [1.165, 1.54) is 0 Å². The van der Waals surface area contributed by atoms with E-state index in [0.29, 0.717) is 18.0 Å². The van der Waals surface area contributed by atoms with Gasteiger partial charge in [0.15, 0.2) is 0 Å². The maximum Gasteiger partial charge on any atom is 0.348 e. The fraction of sp³-hybridized carbons (Fsp3) is 0.118. The molecule has 122 valence electrons. The summed E-state index contributed by atoms with van der Waals surface area (Å²) >= 11 is 0. The molecule has 0 radical (unpaired) electrons. The smallest absolute Gasteiger partial charge is 0.348 e. The summed E-state index contributed by atoms with van der Waals surface area (Å²) in [5, 5.41) is 8.58.